The number of likely N-dealkylation sites (tertiary alicyclic amines) is 1. The number of rotatable bonds is 3. The second-order valence-corrected chi connectivity index (χ2v) is 7.91. The zero-order chi connectivity index (χ0) is 16.0. The average Bonchev–Trinajstić information content (AvgIpc) is 3.21. The molecule has 2 aromatic rings. The molecule has 5 rings (SSSR count). The van der Waals surface area contributed by atoms with Crippen LogP contribution in [0.2, 0.25) is 0 Å². The number of ether oxygens (including phenoxy) is 1. The van der Waals surface area contributed by atoms with Crippen LogP contribution < -0.4 is 0 Å². The van der Waals surface area contributed by atoms with E-state index in [9.17, 15) is 0 Å². The Kier molecular flexibility index (Phi) is 3.50. The third-order valence-corrected chi connectivity index (χ3v) is 6.24. The van der Waals surface area contributed by atoms with Gasteiger partial charge in [0.1, 0.15) is 0 Å². The average molecular weight is 319 g/mol. The van der Waals surface area contributed by atoms with Crippen LogP contribution in [0, 0.1) is 0 Å². The first-order valence-electron chi connectivity index (χ1n) is 9.30. The van der Waals surface area contributed by atoms with Gasteiger partial charge in [0.15, 0.2) is 0 Å². The normalized spacial score (nSPS) is 28.0. The molecule has 2 heteroatoms. The van der Waals surface area contributed by atoms with Gasteiger partial charge in [0.25, 0.3) is 0 Å². The molecule has 124 valence electrons. The molecule has 1 spiro atoms. The summed E-state index contributed by atoms with van der Waals surface area (Å²) in [5.74, 6) is 1.31. The minimum atomic E-state index is 0.138. The van der Waals surface area contributed by atoms with Gasteiger partial charge in [-0.15, -0.1) is 0 Å². The fourth-order valence-electron chi connectivity index (χ4n) is 5.05. The largest absolute Gasteiger partial charge is 0.372 e. The number of hydrogen-bond acceptors (Lipinski definition) is 2. The van der Waals surface area contributed by atoms with Crippen LogP contribution in [0.15, 0.2) is 54.6 Å². The van der Waals surface area contributed by atoms with Crippen molar-refractivity contribution in [3.8, 4) is 0 Å². The Bertz CT molecular complexity index is 720. The highest BCUT2D eigenvalue weighted by molar-refractivity contribution is 5.35. The SMILES string of the molecule is c1ccc(C2COC3(C2)CN(CC2CCc4ccccc42)C3)cc1. The van der Waals surface area contributed by atoms with Crippen LogP contribution in [0.3, 0.4) is 0 Å². The van der Waals surface area contributed by atoms with Gasteiger partial charge in [0.05, 0.1) is 12.2 Å². The van der Waals surface area contributed by atoms with E-state index in [1.54, 1.807) is 11.1 Å². The summed E-state index contributed by atoms with van der Waals surface area (Å²) < 4.78 is 6.27. The summed E-state index contributed by atoms with van der Waals surface area (Å²) in [7, 11) is 0. The summed E-state index contributed by atoms with van der Waals surface area (Å²) >= 11 is 0. The molecule has 0 radical (unpaired) electrons. The molecule has 0 N–H and O–H groups in total. The topological polar surface area (TPSA) is 12.5 Å². The molecule has 2 nitrogen and oxygen atoms in total. The lowest BCUT2D eigenvalue weighted by atomic mass is 9.83. The monoisotopic (exact) mass is 319 g/mol. The first kappa shape index (κ1) is 14.7. The number of nitrogens with zero attached hydrogens (tertiary/aromatic N) is 1. The molecule has 2 heterocycles. The molecule has 2 unspecified atom stereocenters. The highest BCUT2D eigenvalue weighted by Gasteiger charge is 2.50. The smallest absolute Gasteiger partial charge is 0.0941 e. The number of benzene rings is 2. The van der Waals surface area contributed by atoms with E-state index in [2.05, 4.69) is 59.5 Å². The second-order valence-electron chi connectivity index (χ2n) is 7.91. The lowest BCUT2D eigenvalue weighted by Gasteiger charge is -2.48. The summed E-state index contributed by atoms with van der Waals surface area (Å²) in [5.41, 5.74) is 4.74. The molecule has 0 aromatic heterocycles. The zero-order valence-corrected chi connectivity index (χ0v) is 14.2. The van der Waals surface area contributed by atoms with E-state index in [1.165, 1.54) is 31.4 Å². The van der Waals surface area contributed by atoms with Gasteiger partial charge in [-0.3, -0.25) is 4.90 Å². The molecule has 1 aliphatic carbocycles. The van der Waals surface area contributed by atoms with Crippen LogP contribution in [-0.2, 0) is 11.2 Å². The van der Waals surface area contributed by atoms with E-state index in [0.717, 1.165) is 25.6 Å². The summed E-state index contributed by atoms with van der Waals surface area (Å²) in [6.07, 6.45) is 3.76. The van der Waals surface area contributed by atoms with E-state index in [0.29, 0.717) is 5.92 Å². The van der Waals surface area contributed by atoms with Gasteiger partial charge in [-0.2, -0.15) is 0 Å². The number of fused-ring (bicyclic) bond motifs is 1. The van der Waals surface area contributed by atoms with E-state index in [4.69, 9.17) is 4.74 Å². The lowest BCUT2D eigenvalue weighted by Crippen LogP contribution is -2.61. The fraction of sp³-hybridized carbons (Fsp3) is 0.455. The van der Waals surface area contributed by atoms with Gasteiger partial charge in [-0.1, -0.05) is 54.6 Å². The van der Waals surface area contributed by atoms with E-state index >= 15 is 0 Å². The molecule has 2 atom stereocenters. The van der Waals surface area contributed by atoms with E-state index in [1.807, 2.05) is 0 Å². The van der Waals surface area contributed by atoms with Crippen LogP contribution in [0.5, 0.6) is 0 Å². The Hall–Kier alpha value is -1.64. The molecule has 2 aliphatic heterocycles. The third kappa shape index (κ3) is 2.49. The van der Waals surface area contributed by atoms with Crippen LogP contribution in [-0.4, -0.2) is 36.7 Å². The van der Waals surface area contributed by atoms with Crippen LogP contribution >= 0.6 is 0 Å². The van der Waals surface area contributed by atoms with E-state index < -0.39 is 0 Å². The van der Waals surface area contributed by atoms with Gasteiger partial charge < -0.3 is 4.74 Å². The molecular weight excluding hydrogens is 294 g/mol. The number of hydrogen-bond donors (Lipinski definition) is 0. The van der Waals surface area contributed by atoms with Crippen molar-refractivity contribution < 1.29 is 4.74 Å². The molecule has 2 saturated heterocycles. The molecule has 24 heavy (non-hydrogen) atoms. The van der Waals surface area contributed by atoms with Crippen molar-refractivity contribution in [2.45, 2.75) is 36.7 Å². The van der Waals surface area contributed by atoms with Crippen molar-refractivity contribution in [2.24, 2.45) is 0 Å². The number of aryl methyl sites for hydroxylation is 1. The molecule has 2 fully saturated rings. The van der Waals surface area contributed by atoms with Crippen molar-refractivity contribution in [3.63, 3.8) is 0 Å². The fourth-order valence-corrected chi connectivity index (χ4v) is 5.05. The quantitative estimate of drug-likeness (QED) is 0.848. The van der Waals surface area contributed by atoms with Crippen molar-refractivity contribution in [1.29, 1.82) is 0 Å². The van der Waals surface area contributed by atoms with Crippen molar-refractivity contribution in [2.75, 3.05) is 26.2 Å². The summed E-state index contributed by atoms with van der Waals surface area (Å²) in [6.45, 7) is 4.34. The Morgan fingerprint density at radius 1 is 1.00 bits per heavy atom. The van der Waals surface area contributed by atoms with Crippen LogP contribution in [0.1, 0.15) is 41.4 Å². The molecule has 3 aliphatic rings. The van der Waals surface area contributed by atoms with Gasteiger partial charge in [-0.25, -0.2) is 0 Å². The Morgan fingerprint density at radius 2 is 1.79 bits per heavy atom. The second kappa shape index (κ2) is 5.72. The maximum Gasteiger partial charge on any atom is 0.0941 e. The summed E-state index contributed by atoms with van der Waals surface area (Å²) in [6, 6.07) is 19.9. The first-order valence-corrected chi connectivity index (χ1v) is 9.30. The van der Waals surface area contributed by atoms with Crippen LogP contribution in [0.25, 0.3) is 0 Å². The predicted octanol–water partition coefficient (Wildman–Crippen LogP) is 3.97. The minimum Gasteiger partial charge on any atom is -0.372 e. The Morgan fingerprint density at radius 3 is 2.67 bits per heavy atom. The highest BCUT2D eigenvalue weighted by atomic mass is 16.5. The Balaban J connectivity index is 1.20. The standard InChI is InChI=1S/C22H25NO/c1-2-6-17(7-3-1)20-12-22(24-14-20)15-23(16-22)13-19-11-10-18-8-4-5-9-21(18)19/h1-9,19-20H,10-16H2. The Labute approximate surface area is 144 Å². The van der Waals surface area contributed by atoms with Crippen molar-refractivity contribution in [3.05, 3.63) is 71.3 Å². The molecule has 2 aromatic carbocycles. The predicted molar refractivity (Wildman–Crippen MR) is 96.4 cm³/mol. The summed E-state index contributed by atoms with van der Waals surface area (Å²) in [5, 5.41) is 0. The minimum absolute atomic E-state index is 0.138. The maximum absolute atomic E-state index is 6.27. The van der Waals surface area contributed by atoms with Crippen molar-refractivity contribution in [1.82, 2.24) is 4.90 Å². The van der Waals surface area contributed by atoms with Gasteiger partial charge >= 0.3 is 0 Å². The lowest BCUT2D eigenvalue weighted by molar-refractivity contribution is -0.112. The molecule has 0 bridgehead atoms. The van der Waals surface area contributed by atoms with E-state index in [-0.39, 0.29) is 5.60 Å². The molecular formula is C22H25NO. The molecule has 0 amide bonds. The molecule has 0 saturated carbocycles. The third-order valence-electron chi connectivity index (χ3n) is 6.24. The summed E-state index contributed by atoms with van der Waals surface area (Å²) in [4.78, 5) is 2.61. The van der Waals surface area contributed by atoms with Crippen LogP contribution in [0.4, 0.5) is 0 Å². The van der Waals surface area contributed by atoms with Gasteiger partial charge in [0.2, 0.25) is 0 Å². The maximum atomic E-state index is 6.27. The zero-order valence-electron chi connectivity index (χ0n) is 14.2. The highest BCUT2D eigenvalue weighted by Crippen LogP contribution is 2.43. The van der Waals surface area contributed by atoms with Crippen molar-refractivity contribution >= 4 is 0 Å². The van der Waals surface area contributed by atoms with Gasteiger partial charge in [0, 0.05) is 25.6 Å². The van der Waals surface area contributed by atoms with Gasteiger partial charge in [-0.05, 0) is 41.9 Å². The first-order chi connectivity index (χ1) is 11.8.